The lowest BCUT2D eigenvalue weighted by Gasteiger charge is -2.30. The van der Waals surface area contributed by atoms with Gasteiger partial charge in [0, 0.05) is 25.6 Å². The van der Waals surface area contributed by atoms with Crippen LogP contribution >= 0.6 is 12.4 Å². The molecule has 2 aliphatic heterocycles. The van der Waals surface area contributed by atoms with Gasteiger partial charge in [0.2, 0.25) is 11.8 Å². The van der Waals surface area contributed by atoms with Crippen LogP contribution < -0.4 is 11.1 Å². The largest absolute Gasteiger partial charge is 0.369 e. The van der Waals surface area contributed by atoms with Crippen molar-refractivity contribution < 1.29 is 9.59 Å². The zero-order valence-electron chi connectivity index (χ0n) is 12.9. The Bertz CT molecular complexity index is 618. The summed E-state index contributed by atoms with van der Waals surface area (Å²) >= 11 is 0. The van der Waals surface area contributed by atoms with E-state index >= 15 is 0 Å². The number of carbonyl (C=O) groups excluding carboxylic acids is 2. The molecule has 0 aromatic heterocycles. The van der Waals surface area contributed by atoms with Gasteiger partial charge in [0.05, 0.1) is 6.04 Å². The van der Waals surface area contributed by atoms with Crippen molar-refractivity contribution in [1.29, 1.82) is 0 Å². The Morgan fingerprint density at radius 1 is 1.17 bits per heavy atom. The van der Waals surface area contributed by atoms with E-state index in [0.29, 0.717) is 24.7 Å². The lowest BCUT2D eigenvalue weighted by molar-refractivity contribution is -0.144. The molecular weight excluding hydrogens is 314 g/mol. The zero-order valence-corrected chi connectivity index (χ0v) is 13.7. The number of hydrogen-bond acceptors (Lipinski definition) is 3. The summed E-state index contributed by atoms with van der Waals surface area (Å²) in [6.45, 7) is 2.60. The monoisotopic (exact) mass is 335 g/mol. The summed E-state index contributed by atoms with van der Waals surface area (Å²) in [5, 5.41) is 3.43. The number of nitrogens with zero attached hydrogens (tertiary/aromatic N) is 1. The summed E-state index contributed by atoms with van der Waals surface area (Å²) in [7, 11) is 0. The molecule has 0 bridgehead atoms. The van der Waals surface area contributed by atoms with Crippen LogP contribution in [0.1, 0.15) is 24.4 Å². The van der Waals surface area contributed by atoms with E-state index in [4.69, 9.17) is 5.73 Å². The van der Waals surface area contributed by atoms with Gasteiger partial charge in [-0.1, -0.05) is 30.3 Å². The van der Waals surface area contributed by atoms with Crippen LogP contribution in [0.2, 0.25) is 0 Å². The molecule has 5 nitrogen and oxygen atoms in total. The van der Waals surface area contributed by atoms with Crippen molar-refractivity contribution in [3.8, 4) is 0 Å². The number of rotatable bonds is 3. The van der Waals surface area contributed by atoms with Gasteiger partial charge in [-0.3, -0.25) is 9.59 Å². The summed E-state index contributed by atoms with van der Waals surface area (Å²) in [5.74, 6) is 0.385. The Balaban J connectivity index is 0.00000156. The molecule has 0 unspecified atom stereocenters. The average Bonchev–Trinajstić information content (AvgIpc) is 3.09. The highest BCUT2D eigenvalue weighted by Gasteiger charge is 2.60. The molecule has 3 fully saturated rings. The molecule has 0 spiro atoms. The number of amides is 2. The fourth-order valence-electron chi connectivity index (χ4n) is 4.17. The van der Waals surface area contributed by atoms with Gasteiger partial charge in [-0.2, -0.15) is 0 Å². The van der Waals surface area contributed by atoms with Crippen molar-refractivity contribution in [3.63, 3.8) is 0 Å². The highest BCUT2D eigenvalue weighted by atomic mass is 35.5. The third kappa shape index (κ3) is 2.42. The van der Waals surface area contributed by atoms with E-state index in [1.165, 1.54) is 0 Å². The van der Waals surface area contributed by atoms with Gasteiger partial charge >= 0.3 is 0 Å². The van der Waals surface area contributed by atoms with Crippen molar-refractivity contribution in [2.45, 2.75) is 18.9 Å². The van der Waals surface area contributed by atoms with Crippen LogP contribution in [-0.4, -0.2) is 36.3 Å². The van der Waals surface area contributed by atoms with E-state index in [-0.39, 0.29) is 24.4 Å². The molecule has 23 heavy (non-hydrogen) atoms. The molecular formula is C17H22ClN3O2. The second-order valence-electron chi connectivity index (χ2n) is 6.84. The highest BCUT2D eigenvalue weighted by Crippen LogP contribution is 2.51. The Morgan fingerprint density at radius 3 is 2.48 bits per heavy atom. The smallest absolute Gasteiger partial charge is 0.238 e. The molecule has 1 aliphatic carbocycles. The third-order valence-electron chi connectivity index (χ3n) is 5.60. The van der Waals surface area contributed by atoms with Crippen molar-refractivity contribution in [2.24, 2.45) is 23.0 Å². The summed E-state index contributed by atoms with van der Waals surface area (Å²) in [6.07, 6.45) is 1.21. The maximum absolute atomic E-state index is 13.0. The van der Waals surface area contributed by atoms with Gasteiger partial charge in [0.15, 0.2) is 0 Å². The van der Waals surface area contributed by atoms with E-state index in [1.807, 2.05) is 23.1 Å². The van der Waals surface area contributed by atoms with Crippen molar-refractivity contribution in [2.75, 3.05) is 19.6 Å². The van der Waals surface area contributed by atoms with Crippen LogP contribution in [0.15, 0.2) is 30.3 Å². The number of nitrogens with two attached hydrogens (primary N) is 1. The number of halogens is 1. The molecule has 1 aromatic rings. The fourth-order valence-corrected chi connectivity index (χ4v) is 4.17. The molecule has 1 aromatic carbocycles. The van der Waals surface area contributed by atoms with E-state index in [1.54, 1.807) is 0 Å². The quantitative estimate of drug-likeness (QED) is 0.812. The maximum Gasteiger partial charge on any atom is 0.238 e. The summed E-state index contributed by atoms with van der Waals surface area (Å²) in [5.41, 5.74) is 5.74. The Labute approximate surface area is 142 Å². The molecule has 4 rings (SSSR count). The molecule has 0 radical (unpaired) electrons. The normalized spacial score (nSPS) is 30.4. The lowest BCUT2D eigenvalue weighted by Crippen LogP contribution is -2.44. The molecule has 1 saturated carbocycles. The first-order valence-corrected chi connectivity index (χ1v) is 8.00. The van der Waals surface area contributed by atoms with E-state index in [0.717, 1.165) is 25.2 Å². The van der Waals surface area contributed by atoms with Gasteiger partial charge in [-0.15, -0.1) is 12.4 Å². The molecule has 2 heterocycles. The van der Waals surface area contributed by atoms with Gasteiger partial charge in [0.1, 0.15) is 5.41 Å². The SMILES string of the molecule is Cl.NC(=O)C1(C(=O)N2C[C@@H]3CNC[C@@H]3[C@H]2c2ccccc2)CC1. The molecule has 124 valence electrons. The summed E-state index contributed by atoms with van der Waals surface area (Å²) < 4.78 is 0. The first-order valence-electron chi connectivity index (χ1n) is 8.00. The number of nitrogens with one attached hydrogen (secondary N) is 1. The molecule has 2 amide bonds. The van der Waals surface area contributed by atoms with Gasteiger partial charge in [0.25, 0.3) is 0 Å². The maximum atomic E-state index is 13.0. The van der Waals surface area contributed by atoms with Crippen LogP contribution in [0.4, 0.5) is 0 Å². The molecule has 3 atom stereocenters. The molecule has 6 heteroatoms. The number of likely N-dealkylation sites (tertiary alicyclic amines) is 1. The second kappa shape index (κ2) is 5.80. The summed E-state index contributed by atoms with van der Waals surface area (Å²) in [6, 6.07) is 10.2. The van der Waals surface area contributed by atoms with Crippen LogP contribution in [0.5, 0.6) is 0 Å². The van der Waals surface area contributed by atoms with Gasteiger partial charge in [-0.05, 0) is 24.3 Å². The van der Waals surface area contributed by atoms with Crippen LogP contribution in [0.25, 0.3) is 0 Å². The van der Waals surface area contributed by atoms with E-state index < -0.39 is 11.3 Å². The Kier molecular flexibility index (Phi) is 4.10. The average molecular weight is 336 g/mol. The topological polar surface area (TPSA) is 75.4 Å². The third-order valence-corrected chi connectivity index (χ3v) is 5.60. The highest BCUT2D eigenvalue weighted by molar-refractivity contribution is 6.07. The van der Waals surface area contributed by atoms with Crippen molar-refractivity contribution in [1.82, 2.24) is 10.2 Å². The standard InChI is InChI=1S/C17H21N3O2.ClH/c18-15(21)17(6-7-17)16(22)20-10-12-8-19-9-13(12)14(20)11-4-2-1-3-5-11;/h1-5,12-14,19H,6-10H2,(H2,18,21);1H/t12-,13-,14+;/m0./s1. The molecule has 3 N–H and O–H groups in total. The van der Waals surface area contributed by atoms with E-state index in [2.05, 4.69) is 17.4 Å². The minimum Gasteiger partial charge on any atom is -0.369 e. The number of hydrogen-bond donors (Lipinski definition) is 2. The second-order valence-corrected chi connectivity index (χ2v) is 6.84. The zero-order chi connectivity index (χ0) is 15.3. The number of carbonyl (C=O) groups is 2. The Morgan fingerprint density at radius 2 is 1.87 bits per heavy atom. The van der Waals surface area contributed by atoms with Crippen LogP contribution in [0, 0.1) is 17.3 Å². The number of primary amides is 1. The fraction of sp³-hybridized carbons (Fsp3) is 0.529. The predicted molar refractivity (Wildman–Crippen MR) is 88.9 cm³/mol. The number of benzene rings is 1. The van der Waals surface area contributed by atoms with Gasteiger partial charge < -0.3 is 16.0 Å². The van der Waals surface area contributed by atoms with Gasteiger partial charge in [-0.25, -0.2) is 0 Å². The van der Waals surface area contributed by atoms with Crippen molar-refractivity contribution in [3.05, 3.63) is 35.9 Å². The van der Waals surface area contributed by atoms with E-state index in [9.17, 15) is 9.59 Å². The lowest BCUT2D eigenvalue weighted by atomic mass is 9.89. The van der Waals surface area contributed by atoms with Crippen molar-refractivity contribution >= 4 is 24.2 Å². The number of fused-ring (bicyclic) bond motifs is 1. The predicted octanol–water partition coefficient (Wildman–Crippen LogP) is 1.09. The van der Waals surface area contributed by atoms with Crippen LogP contribution in [0.3, 0.4) is 0 Å². The first-order chi connectivity index (χ1) is 10.6. The molecule has 3 aliphatic rings. The molecule has 2 saturated heterocycles. The summed E-state index contributed by atoms with van der Waals surface area (Å²) in [4.78, 5) is 26.7. The minimum absolute atomic E-state index is 0. The van der Waals surface area contributed by atoms with Crippen LogP contribution in [-0.2, 0) is 9.59 Å². The first kappa shape index (κ1) is 16.3. The minimum atomic E-state index is -0.918. The Hall–Kier alpha value is -1.59.